The lowest BCUT2D eigenvalue weighted by Gasteiger charge is -2.48. The number of aliphatic carboxylic acids is 1. The van der Waals surface area contributed by atoms with Crippen LogP contribution in [0.2, 0.25) is 5.04 Å². The molecule has 0 aromatic heterocycles. The Bertz CT molecular complexity index is 948. The summed E-state index contributed by atoms with van der Waals surface area (Å²) in [6, 6.07) is 20.9. The molecule has 196 valence electrons. The summed E-state index contributed by atoms with van der Waals surface area (Å²) < 4.78 is 19.4. The zero-order valence-electron chi connectivity index (χ0n) is 22.0. The first-order valence-corrected chi connectivity index (χ1v) is 14.6. The Hall–Kier alpha value is -2.29. The Balaban J connectivity index is 1.80. The maximum atomic E-state index is 11.0. The molecule has 7 heteroatoms. The minimum absolute atomic E-state index is 0.175. The molecule has 1 heterocycles. The summed E-state index contributed by atoms with van der Waals surface area (Å²) in [7, 11) is -2.78. The van der Waals surface area contributed by atoms with Gasteiger partial charge in [-0.25, -0.2) is 4.79 Å². The fourth-order valence-corrected chi connectivity index (χ4v) is 9.68. The normalized spacial score (nSPS) is 24.1. The second-order valence-corrected chi connectivity index (χ2v) is 14.8. The lowest BCUT2D eigenvalue weighted by molar-refractivity contribution is -0.271. The largest absolute Gasteiger partial charge is 0.478 e. The summed E-state index contributed by atoms with van der Waals surface area (Å²) in [6.07, 6.45) is 1.99. The second-order valence-electron chi connectivity index (χ2n) is 10.6. The predicted molar refractivity (Wildman–Crippen MR) is 144 cm³/mol. The van der Waals surface area contributed by atoms with Crippen molar-refractivity contribution in [2.24, 2.45) is 0 Å². The molecule has 5 atom stereocenters. The molecule has 0 amide bonds. The summed E-state index contributed by atoms with van der Waals surface area (Å²) >= 11 is 0. The number of aliphatic hydroxyl groups excluding tert-OH is 1. The molecule has 2 aromatic carbocycles. The van der Waals surface area contributed by atoms with Crippen molar-refractivity contribution in [2.45, 2.75) is 89.6 Å². The number of aliphatic hydroxyl groups is 1. The van der Waals surface area contributed by atoms with Crippen molar-refractivity contribution >= 4 is 24.7 Å². The summed E-state index contributed by atoms with van der Waals surface area (Å²) in [4.78, 5) is 10.6. The molecule has 0 radical (unpaired) electrons. The monoisotopic (exact) mass is 512 g/mol. The third-order valence-corrected chi connectivity index (χ3v) is 11.8. The molecule has 0 unspecified atom stereocenters. The highest BCUT2D eigenvalue weighted by Gasteiger charge is 2.53. The number of ether oxygens (including phenoxy) is 2. The molecule has 36 heavy (non-hydrogen) atoms. The first kappa shape index (κ1) is 28.3. The summed E-state index contributed by atoms with van der Waals surface area (Å²) in [6.45, 7) is 10.6. The van der Waals surface area contributed by atoms with Crippen LogP contribution >= 0.6 is 0 Å². The summed E-state index contributed by atoms with van der Waals surface area (Å²) in [5, 5.41) is 21.9. The van der Waals surface area contributed by atoms with Gasteiger partial charge in [-0.1, -0.05) is 87.5 Å². The Kier molecular flexibility index (Phi) is 9.66. The lowest BCUT2D eigenvalue weighted by Crippen LogP contribution is -2.69. The van der Waals surface area contributed by atoms with Gasteiger partial charge in [-0.3, -0.25) is 0 Å². The van der Waals surface area contributed by atoms with Crippen molar-refractivity contribution in [3.8, 4) is 0 Å². The SMILES string of the molecule is C[C@H](CC/C=C/C(=O)O)O[C@@H]1O[C@@H](C)[C@H](O[Si](c2ccccc2)(c2ccccc2)C(C)(C)C)C[C@H]1O. The van der Waals surface area contributed by atoms with E-state index in [-0.39, 0.29) is 23.4 Å². The van der Waals surface area contributed by atoms with E-state index in [1.54, 1.807) is 6.08 Å². The van der Waals surface area contributed by atoms with Crippen LogP contribution in [0.15, 0.2) is 72.8 Å². The maximum absolute atomic E-state index is 11.0. The number of hydrogen-bond acceptors (Lipinski definition) is 5. The van der Waals surface area contributed by atoms with Gasteiger partial charge in [0.15, 0.2) is 6.29 Å². The highest BCUT2D eigenvalue weighted by molar-refractivity contribution is 6.99. The predicted octanol–water partition coefficient (Wildman–Crippen LogP) is 4.25. The van der Waals surface area contributed by atoms with Crippen LogP contribution in [0.5, 0.6) is 0 Å². The molecule has 2 N–H and O–H groups in total. The van der Waals surface area contributed by atoms with Crippen LogP contribution in [0.25, 0.3) is 0 Å². The fourth-order valence-electron chi connectivity index (χ4n) is 4.93. The van der Waals surface area contributed by atoms with Crippen molar-refractivity contribution in [3.63, 3.8) is 0 Å². The van der Waals surface area contributed by atoms with Crippen molar-refractivity contribution in [2.75, 3.05) is 0 Å². The van der Waals surface area contributed by atoms with E-state index in [1.807, 2.05) is 26.0 Å². The van der Waals surface area contributed by atoms with Gasteiger partial charge in [0.05, 0.1) is 18.3 Å². The zero-order chi connectivity index (χ0) is 26.3. The minimum atomic E-state index is -2.78. The van der Waals surface area contributed by atoms with E-state index in [2.05, 4.69) is 69.3 Å². The van der Waals surface area contributed by atoms with Gasteiger partial charge in [-0.15, -0.1) is 0 Å². The Morgan fingerprint density at radius 3 is 2.17 bits per heavy atom. The van der Waals surface area contributed by atoms with E-state index in [0.29, 0.717) is 19.3 Å². The molecule has 1 aliphatic rings. The number of carboxylic acid groups (broad SMARTS) is 1. The van der Waals surface area contributed by atoms with Gasteiger partial charge in [0, 0.05) is 12.5 Å². The molecule has 1 saturated heterocycles. The number of allylic oxidation sites excluding steroid dienone is 1. The Labute approximate surface area is 216 Å². The number of benzene rings is 2. The molecule has 0 spiro atoms. The van der Waals surface area contributed by atoms with Crippen LogP contribution in [-0.4, -0.2) is 55.2 Å². The maximum Gasteiger partial charge on any atom is 0.327 e. The van der Waals surface area contributed by atoms with E-state index in [1.165, 1.54) is 10.4 Å². The summed E-state index contributed by atoms with van der Waals surface area (Å²) in [5.74, 6) is -0.963. The molecular weight excluding hydrogens is 472 g/mol. The van der Waals surface area contributed by atoms with Crippen LogP contribution < -0.4 is 10.4 Å². The van der Waals surface area contributed by atoms with E-state index < -0.39 is 26.7 Å². The van der Waals surface area contributed by atoms with E-state index >= 15 is 0 Å². The number of carbonyl (C=O) groups is 1. The quantitative estimate of drug-likeness (QED) is 0.366. The topological polar surface area (TPSA) is 85.2 Å². The number of hydrogen-bond donors (Lipinski definition) is 2. The van der Waals surface area contributed by atoms with Crippen molar-refractivity contribution < 1.29 is 28.9 Å². The Morgan fingerprint density at radius 2 is 1.67 bits per heavy atom. The third-order valence-electron chi connectivity index (χ3n) is 6.77. The van der Waals surface area contributed by atoms with Gasteiger partial charge < -0.3 is 24.1 Å². The van der Waals surface area contributed by atoms with Gasteiger partial charge in [-0.05, 0) is 42.1 Å². The number of carboxylic acids is 1. The fraction of sp³-hybridized carbons (Fsp3) is 0.483. The average Bonchev–Trinajstić information content (AvgIpc) is 2.83. The molecule has 0 aliphatic carbocycles. The first-order valence-electron chi connectivity index (χ1n) is 12.7. The van der Waals surface area contributed by atoms with Gasteiger partial charge in [-0.2, -0.15) is 0 Å². The van der Waals surface area contributed by atoms with Crippen LogP contribution in [0.4, 0.5) is 0 Å². The number of rotatable bonds is 10. The van der Waals surface area contributed by atoms with Crippen molar-refractivity contribution in [1.29, 1.82) is 0 Å². The molecule has 0 saturated carbocycles. The molecular formula is C29H40O6Si. The second kappa shape index (κ2) is 12.3. The van der Waals surface area contributed by atoms with E-state index in [4.69, 9.17) is 19.0 Å². The standard InChI is InChI=1S/C29H40O6Si/c1-21(14-12-13-19-27(31)32)33-28-25(30)20-26(22(2)34-28)35-36(29(3,4)5,23-15-8-6-9-16-23)24-17-10-7-11-18-24/h6-11,13,15-19,21-22,25-26,28,30H,12,14,20H2,1-5H3,(H,31,32)/b19-13+/t21-,22+,25-,26-,28-/m1/s1. The molecule has 6 nitrogen and oxygen atoms in total. The van der Waals surface area contributed by atoms with Crippen LogP contribution in [-0.2, 0) is 18.7 Å². The average molecular weight is 513 g/mol. The molecule has 2 aromatic rings. The van der Waals surface area contributed by atoms with Gasteiger partial charge in [0.25, 0.3) is 8.32 Å². The smallest absolute Gasteiger partial charge is 0.327 e. The summed E-state index contributed by atoms with van der Waals surface area (Å²) in [5.41, 5.74) is 0. The van der Waals surface area contributed by atoms with Gasteiger partial charge in [0.2, 0.25) is 0 Å². The minimum Gasteiger partial charge on any atom is -0.478 e. The molecule has 3 rings (SSSR count). The van der Waals surface area contributed by atoms with Crippen LogP contribution in [0.1, 0.15) is 53.9 Å². The molecule has 0 bridgehead atoms. The first-order chi connectivity index (χ1) is 17.0. The van der Waals surface area contributed by atoms with Crippen molar-refractivity contribution in [3.05, 3.63) is 72.8 Å². The lowest BCUT2D eigenvalue weighted by atomic mass is 10.0. The third kappa shape index (κ3) is 6.72. The van der Waals surface area contributed by atoms with Gasteiger partial charge >= 0.3 is 5.97 Å². The molecule has 1 aliphatic heterocycles. The molecule has 1 fully saturated rings. The Morgan fingerprint density at radius 1 is 1.11 bits per heavy atom. The van der Waals surface area contributed by atoms with Crippen LogP contribution in [0, 0.1) is 0 Å². The zero-order valence-corrected chi connectivity index (χ0v) is 23.0. The van der Waals surface area contributed by atoms with E-state index in [9.17, 15) is 9.90 Å². The van der Waals surface area contributed by atoms with Crippen molar-refractivity contribution in [1.82, 2.24) is 0 Å². The highest BCUT2D eigenvalue weighted by atomic mass is 28.4. The van der Waals surface area contributed by atoms with Crippen LogP contribution in [0.3, 0.4) is 0 Å². The van der Waals surface area contributed by atoms with E-state index in [0.717, 1.165) is 6.08 Å². The highest BCUT2D eigenvalue weighted by Crippen LogP contribution is 2.39. The van der Waals surface area contributed by atoms with Gasteiger partial charge in [0.1, 0.15) is 6.10 Å².